The molecule has 3 aromatic rings. The van der Waals surface area contributed by atoms with E-state index in [1.165, 1.54) is 5.56 Å². The van der Waals surface area contributed by atoms with Crippen molar-refractivity contribution in [3.05, 3.63) is 58.6 Å². The third-order valence-corrected chi connectivity index (χ3v) is 3.82. The summed E-state index contributed by atoms with van der Waals surface area (Å²) in [6.45, 7) is 0.758. The van der Waals surface area contributed by atoms with Gasteiger partial charge in [0.1, 0.15) is 5.82 Å². The lowest BCUT2D eigenvalue weighted by molar-refractivity contribution is 0.902. The number of para-hydroxylation sites is 1. The molecule has 0 amide bonds. The van der Waals surface area contributed by atoms with Crippen molar-refractivity contribution in [2.45, 2.75) is 6.54 Å². The van der Waals surface area contributed by atoms with E-state index >= 15 is 0 Å². The van der Waals surface area contributed by atoms with Crippen LogP contribution in [0.3, 0.4) is 0 Å². The summed E-state index contributed by atoms with van der Waals surface area (Å²) in [4.78, 5) is 10.8. The second kappa shape index (κ2) is 5.69. The first kappa shape index (κ1) is 13.8. The van der Waals surface area contributed by atoms with Crippen LogP contribution < -0.4 is 10.6 Å². The molecule has 1 aromatic heterocycles. The van der Waals surface area contributed by atoms with Gasteiger partial charge in [-0.3, -0.25) is 0 Å². The molecule has 0 saturated carbocycles. The Morgan fingerprint density at radius 1 is 1.05 bits per heavy atom. The van der Waals surface area contributed by atoms with Gasteiger partial charge >= 0.3 is 0 Å². The summed E-state index contributed by atoms with van der Waals surface area (Å²) >= 11 is 3.45. The van der Waals surface area contributed by atoms with Crippen LogP contribution in [0, 0.1) is 0 Å². The maximum absolute atomic E-state index is 5.82. The van der Waals surface area contributed by atoms with E-state index in [0.717, 1.165) is 27.7 Å². The summed E-state index contributed by atoms with van der Waals surface area (Å²) in [7, 11) is 2.01. The van der Waals surface area contributed by atoms with Gasteiger partial charge in [0.15, 0.2) is 0 Å². The van der Waals surface area contributed by atoms with E-state index in [9.17, 15) is 0 Å². The summed E-state index contributed by atoms with van der Waals surface area (Å²) in [5.41, 5.74) is 7.89. The van der Waals surface area contributed by atoms with Crippen LogP contribution in [0.4, 0.5) is 11.8 Å². The van der Waals surface area contributed by atoms with E-state index in [2.05, 4.69) is 42.9 Å². The lowest BCUT2D eigenvalue weighted by atomic mass is 10.2. The average Bonchev–Trinajstić information content (AvgIpc) is 2.48. The Labute approximate surface area is 131 Å². The molecule has 0 spiro atoms. The fourth-order valence-corrected chi connectivity index (χ4v) is 2.57. The predicted molar refractivity (Wildman–Crippen MR) is 90.2 cm³/mol. The van der Waals surface area contributed by atoms with E-state index < -0.39 is 0 Å². The smallest absolute Gasteiger partial charge is 0.222 e. The highest BCUT2D eigenvalue weighted by Crippen LogP contribution is 2.25. The Morgan fingerprint density at radius 2 is 1.76 bits per heavy atom. The largest absolute Gasteiger partial charge is 0.368 e. The SMILES string of the molecule is CN(Cc1ccc(Br)cc1)c1nc(N)nc2ccccc12. The minimum atomic E-state index is 0.298. The summed E-state index contributed by atoms with van der Waals surface area (Å²) in [5, 5.41) is 1.01. The highest BCUT2D eigenvalue weighted by molar-refractivity contribution is 9.10. The molecule has 0 aliphatic heterocycles. The van der Waals surface area contributed by atoms with Gasteiger partial charge < -0.3 is 10.6 Å². The number of hydrogen-bond donors (Lipinski definition) is 1. The first-order chi connectivity index (χ1) is 10.1. The highest BCUT2D eigenvalue weighted by Gasteiger charge is 2.10. The summed E-state index contributed by atoms with van der Waals surface area (Å²) in [6, 6.07) is 16.2. The molecular formula is C16H15BrN4. The molecule has 2 N–H and O–H groups in total. The van der Waals surface area contributed by atoms with Crippen molar-refractivity contribution in [1.29, 1.82) is 0 Å². The Morgan fingerprint density at radius 3 is 2.52 bits per heavy atom. The number of nitrogen functional groups attached to an aromatic ring is 1. The van der Waals surface area contributed by atoms with Gasteiger partial charge in [0.2, 0.25) is 5.95 Å². The molecular weight excluding hydrogens is 328 g/mol. The molecule has 21 heavy (non-hydrogen) atoms. The molecule has 3 rings (SSSR count). The van der Waals surface area contributed by atoms with Gasteiger partial charge in [0.05, 0.1) is 5.52 Å². The van der Waals surface area contributed by atoms with Crippen LogP contribution in [0.1, 0.15) is 5.56 Å². The van der Waals surface area contributed by atoms with Crippen molar-refractivity contribution < 1.29 is 0 Å². The second-order valence-electron chi connectivity index (χ2n) is 4.91. The monoisotopic (exact) mass is 342 g/mol. The number of rotatable bonds is 3. The number of hydrogen-bond acceptors (Lipinski definition) is 4. The van der Waals surface area contributed by atoms with Crippen molar-refractivity contribution in [2.24, 2.45) is 0 Å². The topological polar surface area (TPSA) is 55.0 Å². The van der Waals surface area contributed by atoms with Crippen molar-refractivity contribution >= 4 is 38.6 Å². The molecule has 2 aromatic carbocycles. The van der Waals surface area contributed by atoms with E-state index in [1.54, 1.807) is 0 Å². The number of nitrogens with zero attached hydrogens (tertiary/aromatic N) is 3. The Balaban J connectivity index is 1.97. The maximum Gasteiger partial charge on any atom is 0.222 e. The van der Waals surface area contributed by atoms with Crippen molar-refractivity contribution in [2.75, 3.05) is 17.7 Å². The zero-order chi connectivity index (χ0) is 14.8. The Kier molecular flexibility index (Phi) is 3.75. The molecule has 5 heteroatoms. The summed E-state index contributed by atoms with van der Waals surface area (Å²) < 4.78 is 1.07. The molecule has 0 fully saturated rings. The number of benzene rings is 2. The van der Waals surface area contributed by atoms with Crippen LogP contribution in [0.25, 0.3) is 10.9 Å². The number of fused-ring (bicyclic) bond motifs is 1. The quantitative estimate of drug-likeness (QED) is 0.789. The molecule has 0 atom stereocenters. The lowest BCUT2D eigenvalue weighted by Crippen LogP contribution is -2.19. The van der Waals surface area contributed by atoms with Gasteiger partial charge in [-0.25, -0.2) is 4.98 Å². The number of anilines is 2. The molecule has 0 radical (unpaired) electrons. The fraction of sp³-hybridized carbons (Fsp3) is 0.125. The fourth-order valence-electron chi connectivity index (χ4n) is 2.31. The van der Waals surface area contributed by atoms with Crippen LogP contribution in [0.15, 0.2) is 53.0 Å². The molecule has 106 valence electrons. The van der Waals surface area contributed by atoms with Crippen LogP contribution in [-0.2, 0) is 6.54 Å². The van der Waals surface area contributed by atoms with Crippen LogP contribution in [-0.4, -0.2) is 17.0 Å². The average molecular weight is 343 g/mol. The highest BCUT2D eigenvalue weighted by atomic mass is 79.9. The van der Waals surface area contributed by atoms with Crippen molar-refractivity contribution in [1.82, 2.24) is 9.97 Å². The van der Waals surface area contributed by atoms with Crippen LogP contribution in [0.2, 0.25) is 0 Å². The zero-order valence-corrected chi connectivity index (χ0v) is 13.2. The maximum atomic E-state index is 5.82. The van der Waals surface area contributed by atoms with Crippen LogP contribution >= 0.6 is 15.9 Å². The minimum Gasteiger partial charge on any atom is -0.368 e. The zero-order valence-electron chi connectivity index (χ0n) is 11.6. The van der Waals surface area contributed by atoms with Gasteiger partial charge in [0.25, 0.3) is 0 Å². The van der Waals surface area contributed by atoms with Crippen molar-refractivity contribution in [3.8, 4) is 0 Å². The van der Waals surface area contributed by atoms with Gasteiger partial charge in [0, 0.05) is 23.5 Å². The van der Waals surface area contributed by atoms with E-state index in [0.29, 0.717) is 5.95 Å². The van der Waals surface area contributed by atoms with E-state index in [-0.39, 0.29) is 0 Å². The summed E-state index contributed by atoms with van der Waals surface area (Å²) in [5.74, 6) is 1.15. The van der Waals surface area contributed by atoms with Gasteiger partial charge in [-0.1, -0.05) is 40.2 Å². The number of halogens is 1. The molecule has 0 aliphatic rings. The summed E-state index contributed by atoms with van der Waals surface area (Å²) in [6.07, 6.45) is 0. The Hall–Kier alpha value is -2.14. The number of aromatic nitrogens is 2. The van der Waals surface area contributed by atoms with Gasteiger partial charge in [-0.15, -0.1) is 0 Å². The first-order valence-corrected chi connectivity index (χ1v) is 7.40. The molecule has 1 heterocycles. The normalized spacial score (nSPS) is 10.8. The van der Waals surface area contributed by atoms with Crippen molar-refractivity contribution in [3.63, 3.8) is 0 Å². The number of nitrogens with two attached hydrogens (primary N) is 1. The predicted octanol–water partition coefficient (Wildman–Crippen LogP) is 3.61. The molecule has 4 nitrogen and oxygen atoms in total. The minimum absolute atomic E-state index is 0.298. The first-order valence-electron chi connectivity index (χ1n) is 6.61. The molecule has 0 bridgehead atoms. The third-order valence-electron chi connectivity index (χ3n) is 3.29. The standard InChI is InChI=1S/C16H15BrN4/c1-21(10-11-6-8-12(17)9-7-11)15-13-4-2-3-5-14(13)19-16(18)20-15/h2-9H,10H2,1H3,(H2,18,19,20). The van der Waals surface area contributed by atoms with Gasteiger partial charge in [-0.2, -0.15) is 4.98 Å². The third kappa shape index (κ3) is 2.97. The van der Waals surface area contributed by atoms with E-state index in [4.69, 9.17) is 5.73 Å². The Bertz CT molecular complexity index is 771. The molecule has 0 aliphatic carbocycles. The van der Waals surface area contributed by atoms with Crippen LogP contribution in [0.5, 0.6) is 0 Å². The van der Waals surface area contributed by atoms with Gasteiger partial charge in [-0.05, 0) is 29.8 Å². The molecule has 0 saturated heterocycles. The lowest BCUT2D eigenvalue weighted by Gasteiger charge is -2.20. The molecule has 0 unspecified atom stereocenters. The van der Waals surface area contributed by atoms with E-state index in [1.807, 2.05) is 43.4 Å². The second-order valence-corrected chi connectivity index (χ2v) is 5.82.